The van der Waals surface area contributed by atoms with Crippen LogP contribution < -0.4 is 4.74 Å². The van der Waals surface area contributed by atoms with Crippen molar-refractivity contribution < 1.29 is 22.6 Å². The zero-order valence-electron chi connectivity index (χ0n) is 9.48. The predicted octanol–water partition coefficient (Wildman–Crippen LogP) is 1.64. The van der Waals surface area contributed by atoms with E-state index in [4.69, 9.17) is 9.29 Å². The maximum Gasteiger partial charge on any atom is 0.310 e. The SMILES string of the molecule is O=[N+]([O-])c1ccccc1OCCCCS(=O)(=O)O. The van der Waals surface area contributed by atoms with E-state index in [0.29, 0.717) is 6.42 Å². The van der Waals surface area contributed by atoms with Crippen LogP contribution in [0.5, 0.6) is 5.75 Å². The Morgan fingerprint density at radius 2 is 1.94 bits per heavy atom. The Labute approximate surface area is 104 Å². The van der Waals surface area contributed by atoms with E-state index in [-0.39, 0.29) is 30.2 Å². The molecule has 0 saturated carbocycles. The van der Waals surface area contributed by atoms with E-state index in [9.17, 15) is 18.5 Å². The first kappa shape index (κ1) is 14.4. The molecule has 0 aliphatic carbocycles. The minimum atomic E-state index is -3.95. The van der Waals surface area contributed by atoms with Crippen molar-refractivity contribution in [2.24, 2.45) is 0 Å². The van der Waals surface area contributed by atoms with Gasteiger partial charge in [0.15, 0.2) is 5.75 Å². The third-order valence-corrected chi connectivity index (χ3v) is 2.92. The number of benzene rings is 1. The van der Waals surface area contributed by atoms with Crippen LogP contribution in [0.15, 0.2) is 24.3 Å². The molecule has 100 valence electrons. The molecule has 18 heavy (non-hydrogen) atoms. The Morgan fingerprint density at radius 1 is 1.28 bits per heavy atom. The highest BCUT2D eigenvalue weighted by atomic mass is 32.2. The number of nitro benzene ring substituents is 1. The van der Waals surface area contributed by atoms with E-state index in [2.05, 4.69) is 0 Å². The van der Waals surface area contributed by atoms with Crippen LogP contribution in [0.25, 0.3) is 0 Å². The Bertz CT molecular complexity index is 513. The highest BCUT2D eigenvalue weighted by Gasteiger charge is 2.13. The third kappa shape index (κ3) is 5.11. The molecule has 0 fully saturated rings. The van der Waals surface area contributed by atoms with Gasteiger partial charge in [-0.25, -0.2) is 0 Å². The van der Waals surface area contributed by atoms with Crippen LogP contribution in [0.1, 0.15) is 12.8 Å². The monoisotopic (exact) mass is 275 g/mol. The van der Waals surface area contributed by atoms with Gasteiger partial charge in [0, 0.05) is 6.07 Å². The number of ether oxygens (including phenoxy) is 1. The van der Waals surface area contributed by atoms with Gasteiger partial charge in [0.1, 0.15) is 0 Å². The van der Waals surface area contributed by atoms with Gasteiger partial charge in [-0.15, -0.1) is 0 Å². The van der Waals surface area contributed by atoms with Crippen molar-refractivity contribution in [1.82, 2.24) is 0 Å². The average Bonchev–Trinajstić information content (AvgIpc) is 2.27. The number of hydrogen-bond acceptors (Lipinski definition) is 5. The topological polar surface area (TPSA) is 107 Å². The molecule has 1 rings (SSSR count). The van der Waals surface area contributed by atoms with Crippen LogP contribution in [-0.2, 0) is 10.1 Å². The Balaban J connectivity index is 2.42. The van der Waals surface area contributed by atoms with E-state index in [1.165, 1.54) is 18.2 Å². The zero-order valence-corrected chi connectivity index (χ0v) is 10.3. The third-order valence-electron chi connectivity index (χ3n) is 2.12. The minimum Gasteiger partial charge on any atom is -0.487 e. The summed E-state index contributed by atoms with van der Waals surface area (Å²) in [6, 6.07) is 5.94. The van der Waals surface area contributed by atoms with Crippen LogP contribution in [0.4, 0.5) is 5.69 Å². The van der Waals surface area contributed by atoms with Crippen molar-refractivity contribution >= 4 is 15.8 Å². The molecule has 1 aromatic carbocycles. The fourth-order valence-corrected chi connectivity index (χ4v) is 1.87. The molecule has 1 aromatic rings. The first-order chi connectivity index (χ1) is 8.40. The normalized spacial score (nSPS) is 11.2. The first-order valence-corrected chi connectivity index (χ1v) is 6.82. The molecule has 0 unspecified atom stereocenters. The molecule has 0 aliphatic heterocycles. The molecule has 0 bridgehead atoms. The molecule has 0 atom stereocenters. The highest BCUT2D eigenvalue weighted by Crippen LogP contribution is 2.25. The van der Waals surface area contributed by atoms with E-state index < -0.39 is 15.0 Å². The summed E-state index contributed by atoms with van der Waals surface area (Å²) in [7, 11) is -3.95. The van der Waals surface area contributed by atoms with Gasteiger partial charge in [-0.2, -0.15) is 8.42 Å². The minimum absolute atomic E-state index is 0.132. The molecule has 1 N–H and O–H groups in total. The molecular weight excluding hydrogens is 262 g/mol. The van der Waals surface area contributed by atoms with Gasteiger partial charge in [-0.05, 0) is 18.9 Å². The summed E-state index contributed by atoms with van der Waals surface area (Å²) in [5.74, 6) is -0.192. The molecule has 0 heterocycles. The number of hydrogen-bond donors (Lipinski definition) is 1. The van der Waals surface area contributed by atoms with Gasteiger partial charge in [-0.3, -0.25) is 14.7 Å². The second-order valence-corrected chi connectivity index (χ2v) is 5.14. The van der Waals surface area contributed by atoms with Crippen LogP contribution >= 0.6 is 0 Å². The van der Waals surface area contributed by atoms with Gasteiger partial charge in [0.2, 0.25) is 0 Å². The maximum absolute atomic E-state index is 10.7. The molecule has 0 aliphatic rings. The summed E-state index contributed by atoms with van der Waals surface area (Å²) in [4.78, 5) is 10.1. The van der Waals surface area contributed by atoms with Crippen LogP contribution in [0, 0.1) is 10.1 Å². The number of nitrogens with zero attached hydrogens (tertiary/aromatic N) is 1. The molecule has 0 radical (unpaired) electrons. The van der Waals surface area contributed by atoms with Crippen molar-refractivity contribution in [2.75, 3.05) is 12.4 Å². The Morgan fingerprint density at radius 3 is 2.56 bits per heavy atom. The maximum atomic E-state index is 10.7. The second-order valence-electron chi connectivity index (χ2n) is 3.57. The van der Waals surface area contributed by atoms with Gasteiger partial charge < -0.3 is 4.74 Å². The number of para-hydroxylation sites is 2. The summed E-state index contributed by atoms with van der Waals surface area (Å²) in [5, 5.41) is 10.7. The lowest BCUT2D eigenvalue weighted by Gasteiger charge is -2.05. The Hall–Kier alpha value is -1.67. The molecule has 0 amide bonds. The second kappa shape index (κ2) is 6.31. The van der Waals surface area contributed by atoms with Crippen molar-refractivity contribution in [3.63, 3.8) is 0 Å². The van der Waals surface area contributed by atoms with Crippen LogP contribution in [0.2, 0.25) is 0 Å². The van der Waals surface area contributed by atoms with Gasteiger partial charge >= 0.3 is 5.69 Å². The Kier molecular flexibility index (Phi) is 5.05. The summed E-state index contributed by atoms with van der Waals surface area (Å²) >= 11 is 0. The lowest BCUT2D eigenvalue weighted by Crippen LogP contribution is -2.06. The van der Waals surface area contributed by atoms with E-state index in [0.717, 1.165) is 0 Å². The standard InChI is InChI=1S/C10H13NO6S/c12-11(13)9-5-1-2-6-10(9)17-7-3-4-8-18(14,15)16/h1-2,5-6H,3-4,7-8H2,(H,14,15,16). The quantitative estimate of drug-likeness (QED) is 0.351. The summed E-state index contributed by atoms with van der Waals surface area (Å²) in [6.45, 7) is 0.153. The summed E-state index contributed by atoms with van der Waals surface area (Å²) < 4.78 is 34.6. The zero-order chi connectivity index (χ0) is 13.6. The van der Waals surface area contributed by atoms with Crippen molar-refractivity contribution in [3.05, 3.63) is 34.4 Å². The average molecular weight is 275 g/mol. The van der Waals surface area contributed by atoms with Crippen LogP contribution in [-0.4, -0.2) is 30.3 Å². The number of rotatable bonds is 7. The van der Waals surface area contributed by atoms with Gasteiger partial charge in [0.05, 0.1) is 17.3 Å². The first-order valence-electron chi connectivity index (χ1n) is 5.21. The summed E-state index contributed by atoms with van der Waals surface area (Å²) in [5.41, 5.74) is -0.132. The lowest BCUT2D eigenvalue weighted by atomic mass is 10.3. The fourth-order valence-electron chi connectivity index (χ4n) is 1.30. The smallest absolute Gasteiger partial charge is 0.310 e. The molecule has 0 saturated heterocycles. The largest absolute Gasteiger partial charge is 0.487 e. The van der Waals surface area contributed by atoms with Gasteiger partial charge in [0.25, 0.3) is 10.1 Å². The molecule has 0 aromatic heterocycles. The van der Waals surface area contributed by atoms with Crippen LogP contribution in [0.3, 0.4) is 0 Å². The number of unbranched alkanes of at least 4 members (excludes halogenated alkanes) is 1. The predicted molar refractivity (Wildman–Crippen MR) is 64.2 cm³/mol. The molecule has 7 nitrogen and oxygen atoms in total. The fraction of sp³-hybridized carbons (Fsp3) is 0.400. The molecule has 8 heteroatoms. The van der Waals surface area contributed by atoms with Gasteiger partial charge in [-0.1, -0.05) is 12.1 Å². The molecular formula is C10H13NO6S. The molecule has 0 spiro atoms. The van der Waals surface area contributed by atoms with E-state index in [1.807, 2.05) is 0 Å². The van der Waals surface area contributed by atoms with E-state index >= 15 is 0 Å². The van der Waals surface area contributed by atoms with Crippen molar-refractivity contribution in [3.8, 4) is 5.75 Å². The lowest BCUT2D eigenvalue weighted by molar-refractivity contribution is -0.385. The van der Waals surface area contributed by atoms with Crippen molar-refractivity contribution in [1.29, 1.82) is 0 Å². The van der Waals surface area contributed by atoms with E-state index in [1.54, 1.807) is 6.07 Å². The number of nitro groups is 1. The van der Waals surface area contributed by atoms with Crippen molar-refractivity contribution in [2.45, 2.75) is 12.8 Å². The summed E-state index contributed by atoms with van der Waals surface area (Å²) in [6.07, 6.45) is 0.616. The highest BCUT2D eigenvalue weighted by molar-refractivity contribution is 7.85.